The van der Waals surface area contributed by atoms with Crippen LogP contribution in [0.4, 0.5) is 24.5 Å². The van der Waals surface area contributed by atoms with E-state index in [9.17, 15) is 18.0 Å². The molecule has 0 spiro atoms. The maximum Gasteiger partial charge on any atom is 0.418 e. The third-order valence-electron chi connectivity index (χ3n) is 3.13. The highest BCUT2D eigenvalue weighted by Crippen LogP contribution is 2.36. The summed E-state index contributed by atoms with van der Waals surface area (Å²) < 4.78 is 39.1. The predicted octanol–water partition coefficient (Wildman–Crippen LogP) is 5.47. The van der Waals surface area contributed by atoms with Gasteiger partial charge in [-0.15, -0.1) is 0 Å². The van der Waals surface area contributed by atoms with Crippen LogP contribution in [0.3, 0.4) is 0 Å². The topological polar surface area (TPSA) is 64.9 Å². The Morgan fingerprint density at radius 2 is 1.69 bits per heavy atom. The number of hydrogen-bond acceptors (Lipinski definition) is 3. The standard InChI is InChI=1S/C17H10Cl2F3N3O/c18-11-1-4-13(5-2-11)25-16(26)10(8-23)9-24-15-6-3-12(19)7-14(15)17(20,21)22/h1-7,9,24H,(H,25,26)/b10-9-. The van der Waals surface area contributed by atoms with Crippen LogP contribution in [0.5, 0.6) is 0 Å². The molecule has 0 atom stereocenters. The molecule has 9 heteroatoms. The van der Waals surface area contributed by atoms with Gasteiger partial charge in [-0.05, 0) is 42.5 Å². The molecule has 0 aromatic heterocycles. The largest absolute Gasteiger partial charge is 0.418 e. The lowest BCUT2D eigenvalue weighted by molar-refractivity contribution is -0.136. The van der Waals surface area contributed by atoms with Gasteiger partial charge in [0.15, 0.2) is 0 Å². The summed E-state index contributed by atoms with van der Waals surface area (Å²) in [5, 5.41) is 14.2. The van der Waals surface area contributed by atoms with Gasteiger partial charge in [-0.25, -0.2) is 0 Å². The van der Waals surface area contributed by atoms with Crippen molar-refractivity contribution in [2.75, 3.05) is 10.6 Å². The van der Waals surface area contributed by atoms with E-state index in [2.05, 4.69) is 10.6 Å². The summed E-state index contributed by atoms with van der Waals surface area (Å²) in [5.74, 6) is -0.787. The molecule has 1 amide bonds. The summed E-state index contributed by atoms with van der Waals surface area (Å²) in [5.41, 5.74) is -1.39. The molecule has 0 unspecified atom stereocenters. The molecular weight excluding hydrogens is 390 g/mol. The van der Waals surface area contributed by atoms with Crippen LogP contribution in [0.2, 0.25) is 10.0 Å². The molecule has 0 saturated heterocycles. The first kappa shape index (κ1) is 19.6. The van der Waals surface area contributed by atoms with Crippen LogP contribution in [0.15, 0.2) is 54.2 Å². The van der Waals surface area contributed by atoms with Crippen LogP contribution in [0, 0.1) is 11.3 Å². The van der Waals surface area contributed by atoms with Crippen LogP contribution in [0.1, 0.15) is 5.56 Å². The summed E-state index contributed by atoms with van der Waals surface area (Å²) in [6, 6.07) is 10.8. The Hall–Kier alpha value is -2.69. The number of benzene rings is 2. The smallest absolute Gasteiger partial charge is 0.360 e. The molecule has 4 nitrogen and oxygen atoms in total. The predicted molar refractivity (Wildman–Crippen MR) is 93.9 cm³/mol. The molecule has 2 N–H and O–H groups in total. The number of rotatable bonds is 4. The molecule has 134 valence electrons. The van der Waals surface area contributed by atoms with Crippen molar-refractivity contribution in [3.63, 3.8) is 0 Å². The number of nitrogens with one attached hydrogen (secondary N) is 2. The number of nitriles is 1. The average Bonchev–Trinajstić information content (AvgIpc) is 2.57. The Bertz CT molecular complexity index is 888. The van der Waals surface area contributed by atoms with Crippen molar-refractivity contribution >= 4 is 40.5 Å². The van der Waals surface area contributed by atoms with Crippen molar-refractivity contribution in [1.82, 2.24) is 0 Å². The monoisotopic (exact) mass is 399 g/mol. The molecule has 26 heavy (non-hydrogen) atoms. The van der Waals surface area contributed by atoms with Gasteiger partial charge in [0.2, 0.25) is 0 Å². The molecule has 0 saturated carbocycles. The normalized spacial score (nSPS) is 11.6. The van der Waals surface area contributed by atoms with E-state index in [1.165, 1.54) is 30.3 Å². The fourth-order valence-electron chi connectivity index (χ4n) is 1.91. The van der Waals surface area contributed by atoms with Gasteiger partial charge < -0.3 is 10.6 Å². The van der Waals surface area contributed by atoms with Crippen molar-refractivity contribution in [1.29, 1.82) is 5.26 Å². The lowest BCUT2D eigenvalue weighted by atomic mass is 10.1. The molecule has 0 heterocycles. The first-order valence-corrected chi connectivity index (χ1v) is 7.77. The number of hydrogen-bond donors (Lipinski definition) is 2. The number of halogens is 5. The minimum Gasteiger partial charge on any atom is -0.360 e. The minimum absolute atomic E-state index is 0.0900. The Kier molecular flexibility index (Phi) is 6.14. The highest BCUT2D eigenvalue weighted by atomic mass is 35.5. The van der Waals surface area contributed by atoms with Gasteiger partial charge in [-0.1, -0.05) is 23.2 Å². The third kappa shape index (κ3) is 5.15. The van der Waals surface area contributed by atoms with Crippen molar-refractivity contribution in [3.8, 4) is 6.07 Å². The van der Waals surface area contributed by atoms with Crippen LogP contribution < -0.4 is 10.6 Å². The van der Waals surface area contributed by atoms with Crippen molar-refractivity contribution in [2.24, 2.45) is 0 Å². The summed E-state index contributed by atoms with van der Waals surface area (Å²) in [7, 11) is 0. The number of carbonyl (C=O) groups excluding carboxylic acids is 1. The first-order chi connectivity index (χ1) is 12.2. The van der Waals surface area contributed by atoms with Crippen LogP contribution in [-0.4, -0.2) is 5.91 Å². The van der Waals surface area contributed by atoms with Crippen LogP contribution in [-0.2, 0) is 11.0 Å². The zero-order valence-corrected chi connectivity index (χ0v) is 14.4. The molecule has 2 rings (SSSR count). The third-order valence-corrected chi connectivity index (χ3v) is 3.61. The molecule has 2 aromatic rings. The fourth-order valence-corrected chi connectivity index (χ4v) is 2.21. The Morgan fingerprint density at radius 3 is 2.27 bits per heavy atom. The van der Waals surface area contributed by atoms with E-state index in [1.807, 2.05) is 0 Å². The molecule has 0 aliphatic rings. The lowest BCUT2D eigenvalue weighted by Crippen LogP contribution is -2.15. The summed E-state index contributed by atoms with van der Waals surface area (Å²) in [6.45, 7) is 0. The molecule has 0 bridgehead atoms. The van der Waals surface area contributed by atoms with Gasteiger partial charge in [0, 0.05) is 21.9 Å². The van der Waals surface area contributed by atoms with Crippen LogP contribution in [0.25, 0.3) is 0 Å². The zero-order valence-electron chi connectivity index (χ0n) is 12.9. The van der Waals surface area contributed by atoms with E-state index >= 15 is 0 Å². The Morgan fingerprint density at radius 1 is 1.08 bits per heavy atom. The quantitative estimate of drug-likeness (QED) is 0.529. The van der Waals surface area contributed by atoms with Crippen molar-refractivity contribution in [2.45, 2.75) is 6.18 Å². The second kappa shape index (κ2) is 8.13. The zero-order chi connectivity index (χ0) is 19.3. The highest BCUT2D eigenvalue weighted by Gasteiger charge is 2.33. The van der Waals surface area contributed by atoms with E-state index in [0.717, 1.165) is 18.3 Å². The van der Waals surface area contributed by atoms with Gasteiger partial charge in [0.1, 0.15) is 11.6 Å². The van der Waals surface area contributed by atoms with Gasteiger partial charge in [-0.2, -0.15) is 18.4 Å². The number of nitrogens with zero attached hydrogens (tertiary/aromatic N) is 1. The van der Waals surface area contributed by atoms with Gasteiger partial charge in [-0.3, -0.25) is 4.79 Å². The van der Waals surface area contributed by atoms with E-state index in [-0.39, 0.29) is 10.7 Å². The second-order valence-electron chi connectivity index (χ2n) is 4.96. The minimum atomic E-state index is -4.65. The number of carbonyl (C=O) groups is 1. The van der Waals surface area contributed by atoms with E-state index in [1.54, 1.807) is 6.07 Å². The molecule has 0 aliphatic carbocycles. The van der Waals surface area contributed by atoms with E-state index in [0.29, 0.717) is 10.7 Å². The van der Waals surface area contributed by atoms with E-state index < -0.39 is 23.2 Å². The second-order valence-corrected chi connectivity index (χ2v) is 5.84. The maximum absolute atomic E-state index is 13.0. The Balaban J connectivity index is 2.21. The van der Waals surface area contributed by atoms with Gasteiger partial charge in [0.05, 0.1) is 11.3 Å². The summed E-state index contributed by atoms with van der Waals surface area (Å²) in [6.07, 6.45) is -3.76. The van der Waals surface area contributed by atoms with Crippen molar-refractivity contribution < 1.29 is 18.0 Å². The van der Waals surface area contributed by atoms with Crippen molar-refractivity contribution in [3.05, 3.63) is 69.8 Å². The average molecular weight is 400 g/mol. The van der Waals surface area contributed by atoms with Gasteiger partial charge >= 0.3 is 6.18 Å². The number of alkyl halides is 3. The molecule has 0 aliphatic heterocycles. The Labute approximate surface area is 156 Å². The number of amides is 1. The van der Waals surface area contributed by atoms with E-state index in [4.69, 9.17) is 28.5 Å². The number of anilines is 2. The fraction of sp³-hybridized carbons (Fsp3) is 0.0588. The molecular formula is C17H10Cl2F3N3O. The SMILES string of the molecule is N#C/C(=C/Nc1ccc(Cl)cc1C(F)(F)F)C(=O)Nc1ccc(Cl)cc1. The molecule has 0 fully saturated rings. The summed E-state index contributed by atoms with van der Waals surface area (Å²) >= 11 is 11.3. The van der Waals surface area contributed by atoms with Crippen LogP contribution >= 0.6 is 23.2 Å². The maximum atomic E-state index is 13.0. The highest BCUT2D eigenvalue weighted by molar-refractivity contribution is 6.31. The first-order valence-electron chi connectivity index (χ1n) is 7.01. The molecule has 0 radical (unpaired) electrons. The lowest BCUT2D eigenvalue weighted by Gasteiger charge is -2.13. The molecule has 2 aromatic carbocycles. The van der Waals surface area contributed by atoms with Gasteiger partial charge in [0.25, 0.3) is 5.91 Å². The summed E-state index contributed by atoms with van der Waals surface area (Å²) in [4.78, 5) is 12.1.